The van der Waals surface area contributed by atoms with E-state index in [-0.39, 0.29) is 5.02 Å². The zero-order chi connectivity index (χ0) is 11.8. The largest absolute Gasteiger partial charge is 0.504 e. The molecule has 0 aliphatic carbocycles. The van der Waals surface area contributed by atoms with Crippen molar-refractivity contribution in [1.29, 1.82) is 0 Å². The van der Waals surface area contributed by atoms with Crippen LogP contribution in [0.1, 0.15) is 12.5 Å². The van der Waals surface area contributed by atoms with Gasteiger partial charge < -0.3 is 15.3 Å². The Morgan fingerprint density at radius 1 is 1.40 bits per heavy atom. The Balaban J connectivity index is 3.38. The molecule has 1 aromatic carbocycles. The number of rotatable bonds is 2. The van der Waals surface area contributed by atoms with Gasteiger partial charge in [0.25, 0.3) is 0 Å². The lowest BCUT2D eigenvalue weighted by Gasteiger charge is -2.17. The Labute approximate surface area is 89.5 Å². The van der Waals surface area contributed by atoms with Crippen LogP contribution in [0.2, 0.25) is 5.02 Å². The summed E-state index contributed by atoms with van der Waals surface area (Å²) in [5.74, 6) is -2.89. The molecule has 0 saturated heterocycles. The smallest absolute Gasteiger partial charge is 0.345 e. The molecule has 0 saturated carbocycles. The first kappa shape index (κ1) is 11.6. The highest BCUT2D eigenvalue weighted by molar-refractivity contribution is 6.32. The van der Waals surface area contributed by atoms with Crippen molar-refractivity contribution in [2.75, 3.05) is 0 Å². The SMILES string of the molecule is CC(F)(C(=O)O)c1cc(O)c(O)cc1Cl. The van der Waals surface area contributed by atoms with E-state index in [2.05, 4.69) is 0 Å². The predicted molar refractivity (Wildman–Crippen MR) is 50.9 cm³/mol. The zero-order valence-corrected chi connectivity index (χ0v) is 8.42. The zero-order valence-electron chi connectivity index (χ0n) is 7.66. The molecule has 0 aliphatic heterocycles. The third-order valence-corrected chi connectivity index (χ3v) is 2.28. The molecule has 3 N–H and O–H groups in total. The van der Waals surface area contributed by atoms with E-state index in [1.807, 2.05) is 0 Å². The van der Waals surface area contributed by atoms with E-state index < -0.39 is 28.7 Å². The Morgan fingerprint density at radius 2 is 1.87 bits per heavy atom. The fourth-order valence-corrected chi connectivity index (χ4v) is 1.36. The summed E-state index contributed by atoms with van der Waals surface area (Å²) < 4.78 is 13.6. The number of carboxylic acid groups (broad SMARTS) is 1. The Kier molecular flexibility index (Phi) is 2.77. The van der Waals surface area contributed by atoms with Crippen molar-refractivity contribution in [3.05, 3.63) is 22.7 Å². The number of hydrogen-bond acceptors (Lipinski definition) is 3. The second kappa shape index (κ2) is 3.58. The van der Waals surface area contributed by atoms with Gasteiger partial charge in [-0.15, -0.1) is 0 Å². The van der Waals surface area contributed by atoms with Gasteiger partial charge in [0.15, 0.2) is 11.5 Å². The maximum Gasteiger partial charge on any atom is 0.345 e. The van der Waals surface area contributed by atoms with E-state index in [1.54, 1.807) is 0 Å². The topological polar surface area (TPSA) is 77.8 Å². The molecule has 0 aliphatic rings. The van der Waals surface area contributed by atoms with Crippen LogP contribution < -0.4 is 0 Å². The molecule has 0 bridgehead atoms. The normalized spacial score (nSPS) is 14.6. The standard InChI is InChI=1S/C9H8ClFO4/c1-9(11,8(14)15)4-2-6(12)7(13)3-5(4)10/h2-3,12-13H,1H3,(H,14,15). The van der Waals surface area contributed by atoms with Crippen LogP contribution in [-0.4, -0.2) is 21.3 Å². The molecule has 15 heavy (non-hydrogen) atoms. The molecule has 0 amide bonds. The van der Waals surface area contributed by atoms with Crippen LogP contribution in [0.15, 0.2) is 12.1 Å². The number of aromatic hydroxyl groups is 2. The molecule has 1 aromatic rings. The summed E-state index contributed by atoms with van der Waals surface area (Å²) in [6.07, 6.45) is 0. The number of hydrogen-bond donors (Lipinski definition) is 3. The molecule has 0 radical (unpaired) electrons. The number of halogens is 2. The molecule has 6 heteroatoms. The van der Waals surface area contributed by atoms with E-state index >= 15 is 0 Å². The summed E-state index contributed by atoms with van der Waals surface area (Å²) in [4.78, 5) is 10.6. The summed E-state index contributed by atoms with van der Waals surface area (Å²) in [5, 5.41) is 26.5. The van der Waals surface area contributed by atoms with Gasteiger partial charge >= 0.3 is 5.97 Å². The molecule has 1 unspecified atom stereocenters. The minimum Gasteiger partial charge on any atom is -0.504 e. The molecular weight excluding hydrogens is 227 g/mol. The van der Waals surface area contributed by atoms with Crippen molar-refractivity contribution in [2.24, 2.45) is 0 Å². The second-order valence-corrected chi connectivity index (χ2v) is 3.54. The molecule has 0 spiro atoms. The highest BCUT2D eigenvalue weighted by Crippen LogP contribution is 2.38. The van der Waals surface area contributed by atoms with Gasteiger partial charge in [0.1, 0.15) is 0 Å². The number of phenolic OH excluding ortho intramolecular Hbond substituents is 2. The summed E-state index contributed by atoms with van der Waals surface area (Å²) in [6.45, 7) is 0.799. The van der Waals surface area contributed by atoms with Gasteiger partial charge in [-0.3, -0.25) is 0 Å². The molecule has 0 aromatic heterocycles. The van der Waals surface area contributed by atoms with Gasteiger partial charge in [-0.1, -0.05) is 11.6 Å². The van der Waals surface area contributed by atoms with E-state index in [4.69, 9.17) is 26.9 Å². The predicted octanol–water partition coefficient (Wildman–Crippen LogP) is 2.02. The van der Waals surface area contributed by atoms with Gasteiger partial charge in [0.2, 0.25) is 5.67 Å². The molecule has 0 heterocycles. The quantitative estimate of drug-likeness (QED) is 0.684. The highest BCUT2D eigenvalue weighted by atomic mass is 35.5. The van der Waals surface area contributed by atoms with Crippen molar-refractivity contribution >= 4 is 17.6 Å². The van der Waals surface area contributed by atoms with Crippen molar-refractivity contribution in [2.45, 2.75) is 12.6 Å². The van der Waals surface area contributed by atoms with E-state index in [1.165, 1.54) is 0 Å². The van der Waals surface area contributed by atoms with Gasteiger partial charge in [0.05, 0.1) is 5.02 Å². The number of aliphatic carboxylic acids is 1. The van der Waals surface area contributed by atoms with Crippen LogP contribution in [0, 0.1) is 0 Å². The fraction of sp³-hybridized carbons (Fsp3) is 0.222. The number of alkyl halides is 1. The van der Waals surface area contributed by atoms with E-state index in [0.29, 0.717) is 0 Å². The van der Waals surface area contributed by atoms with Crippen molar-refractivity contribution < 1.29 is 24.5 Å². The number of carbonyl (C=O) groups is 1. The lowest BCUT2D eigenvalue weighted by atomic mass is 9.97. The lowest BCUT2D eigenvalue weighted by molar-refractivity contribution is -0.150. The van der Waals surface area contributed by atoms with Gasteiger partial charge in [-0.2, -0.15) is 0 Å². The van der Waals surface area contributed by atoms with Crippen molar-refractivity contribution in [3.63, 3.8) is 0 Å². The van der Waals surface area contributed by atoms with Crippen molar-refractivity contribution in [1.82, 2.24) is 0 Å². The van der Waals surface area contributed by atoms with Crippen LogP contribution in [0.4, 0.5) is 4.39 Å². The van der Waals surface area contributed by atoms with Crippen LogP contribution in [0.25, 0.3) is 0 Å². The Hall–Kier alpha value is -1.49. The summed E-state index contributed by atoms with van der Waals surface area (Å²) >= 11 is 5.56. The number of benzene rings is 1. The first-order chi connectivity index (χ1) is 6.76. The second-order valence-electron chi connectivity index (χ2n) is 3.13. The molecule has 1 rings (SSSR count). The lowest BCUT2D eigenvalue weighted by Crippen LogP contribution is -2.27. The van der Waals surface area contributed by atoms with Crippen LogP contribution in [0.5, 0.6) is 11.5 Å². The summed E-state index contributed by atoms with van der Waals surface area (Å²) in [7, 11) is 0. The maximum atomic E-state index is 13.6. The monoisotopic (exact) mass is 234 g/mol. The first-order valence-electron chi connectivity index (χ1n) is 3.91. The Morgan fingerprint density at radius 3 is 2.33 bits per heavy atom. The number of phenols is 2. The van der Waals surface area contributed by atoms with Crippen LogP contribution in [0.3, 0.4) is 0 Å². The van der Waals surface area contributed by atoms with Gasteiger partial charge in [-0.25, -0.2) is 9.18 Å². The number of carboxylic acids is 1. The fourth-order valence-electron chi connectivity index (χ4n) is 1.03. The Bertz CT molecular complexity index is 417. The van der Waals surface area contributed by atoms with Gasteiger partial charge in [-0.05, 0) is 13.0 Å². The van der Waals surface area contributed by atoms with Crippen LogP contribution in [-0.2, 0) is 10.5 Å². The van der Waals surface area contributed by atoms with E-state index in [0.717, 1.165) is 19.1 Å². The minimum atomic E-state index is -2.72. The molecule has 1 atom stereocenters. The molecule has 4 nitrogen and oxygen atoms in total. The molecular formula is C9H8ClFO4. The van der Waals surface area contributed by atoms with E-state index in [9.17, 15) is 9.18 Å². The average molecular weight is 235 g/mol. The van der Waals surface area contributed by atoms with Crippen molar-refractivity contribution in [3.8, 4) is 11.5 Å². The third kappa shape index (κ3) is 1.97. The molecule has 82 valence electrons. The maximum absolute atomic E-state index is 13.6. The van der Waals surface area contributed by atoms with Crippen LogP contribution >= 0.6 is 11.6 Å². The third-order valence-electron chi connectivity index (χ3n) is 1.97. The summed E-state index contributed by atoms with van der Waals surface area (Å²) in [5.41, 5.74) is -3.13. The highest BCUT2D eigenvalue weighted by Gasteiger charge is 2.37. The molecule has 0 fully saturated rings. The van der Waals surface area contributed by atoms with Gasteiger partial charge in [0, 0.05) is 11.6 Å². The summed E-state index contributed by atoms with van der Waals surface area (Å²) in [6, 6.07) is 1.67. The average Bonchev–Trinajstić information content (AvgIpc) is 2.10. The first-order valence-corrected chi connectivity index (χ1v) is 4.29. The minimum absolute atomic E-state index is 0.266.